The Morgan fingerprint density at radius 2 is 2.09 bits per heavy atom. The van der Waals surface area contributed by atoms with Crippen molar-refractivity contribution < 1.29 is 37.2 Å². The van der Waals surface area contributed by atoms with Crippen LogP contribution in [0, 0.1) is 5.82 Å². The summed E-state index contributed by atoms with van der Waals surface area (Å²) in [5.41, 5.74) is 1.34. The molecular weight excluding hydrogens is 505 g/mol. The molecule has 4 rings (SSSR count). The quantitative estimate of drug-likeness (QED) is 0.375. The molecule has 0 spiro atoms. The van der Waals surface area contributed by atoms with Gasteiger partial charge in [-0.05, 0) is 24.6 Å². The highest BCUT2D eigenvalue weighted by Crippen LogP contribution is 2.33. The van der Waals surface area contributed by atoms with Gasteiger partial charge < -0.3 is 29.4 Å². The van der Waals surface area contributed by atoms with Crippen LogP contribution in [0.2, 0.25) is 5.02 Å². The molecule has 0 aliphatic carbocycles. The molecule has 3 N–H and O–H groups in total. The lowest BCUT2D eigenvalue weighted by Crippen LogP contribution is -2.45. The van der Waals surface area contributed by atoms with Gasteiger partial charge in [-0.2, -0.15) is 13.4 Å². The number of nitrogens with one attached hydrogen (secondary N) is 1. The molecule has 190 valence electrons. The van der Waals surface area contributed by atoms with Crippen LogP contribution in [0.15, 0.2) is 24.3 Å². The van der Waals surface area contributed by atoms with E-state index >= 15 is 0 Å². The molecule has 3 atom stereocenters. The Bertz CT molecular complexity index is 1180. The third kappa shape index (κ3) is 6.95. The lowest BCUT2D eigenvalue weighted by atomic mass is 10.0. The zero-order valence-corrected chi connectivity index (χ0v) is 20.4. The van der Waals surface area contributed by atoms with Crippen LogP contribution in [0.4, 0.5) is 4.39 Å². The molecule has 1 aliphatic rings. The van der Waals surface area contributed by atoms with Crippen LogP contribution in [0.25, 0.3) is 22.4 Å². The summed E-state index contributed by atoms with van der Waals surface area (Å²) in [6.07, 6.45) is 0.282. The van der Waals surface area contributed by atoms with E-state index in [1.165, 1.54) is 6.07 Å². The van der Waals surface area contributed by atoms with Gasteiger partial charge in [0.2, 0.25) is 0 Å². The Hall–Kier alpha value is -2.64. The molecule has 0 amide bonds. The number of rotatable bonds is 8. The molecule has 0 saturated carbocycles. The van der Waals surface area contributed by atoms with E-state index < -0.39 is 35.7 Å². The number of pyridine rings is 1. The van der Waals surface area contributed by atoms with Crippen LogP contribution < -0.4 is 9.47 Å². The molecule has 0 radical (unpaired) electrons. The number of nitrogens with zero attached hydrogens (tertiary/aromatic N) is 2. The molecule has 3 aromatic rings. The predicted octanol–water partition coefficient (Wildman–Crippen LogP) is 2.82. The average Bonchev–Trinajstić information content (AvgIpc) is 3.20. The van der Waals surface area contributed by atoms with Crippen molar-refractivity contribution in [3.63, 3.8) is 0 Å². The molecule has 3 heterocycles. The first-order valence-corrected chi connectivity index (χ1v) is 11.9. The summed E-state index contributed by atoms with van der Waals surface area (Å²) in [7, 11) is 0. The van der Waals surface area contributed by atoms with Gasteiger partial charge in [-0.3, -0.25) is 0 Å². The minimum Gasteiger partial charge on any atom is -0.493 e. The van der Waals surface area contributed by atoms with E-state index in [1.807, 2.05) is 0 Å². The molecule has 2 aromatic heterocycles. The zero-order valence-electron chi connectivity index (χ0n) is 18.8. The van der Waals surface area contributed by atoms with Crippen LogP contribution in [0.5, 0.6) is 11.8 Å². The summed E-state index contributed by atoms with van der Waals surface area (Å²) in [5, 5.41) is 19.4. The van der Waals surface area contributed by atoms with Crippen LogP contribution in [0.3, 0.4) is 0 Å². The van der Waals surface area contributed by atoms with Crippen molar-refractivity contribution in [2.24, 2.45) is 0 Å². The molecule has 10 nitrogen and oxygen atoms in total. The maximum atomic E-state index is 14.7. The van der Waals surface area contributed by atoms with Gasteiger partial charge in [-0.25, -0.2) is 9.37 Å². The maximum Gasteiger partial charge on any atom is 0.335 e. The van der Waals surface area contributed by atoms with Crippen LogP contribution in [-0.4, -0.2) is 71.7 Å². The molecule has 1 aliphatic heterocycles. The molecule has 1 saturated heterocycles. The van der Waals surface area contributed by atoms with E-state index in [2.05, 4.69) is 21.9 Å². The summed E-state index contributed by atoms with van der Waals surface area (Å²) in [4.78, 5) is 11.7. The number of imidazole rings is 1. The summed E-state index contributed by atoms with van der Waals surface area (Å²) in [6, 6.07) is 6.38. The molecule has 0 bridgehead atoms. The Morgan fingerprint density at radius 3 is 2.74 bits per heavy atom. The third-order valence-corrected chi connectivity index (χ3v) is 5.54. The first kappa shape index (κ1) is 27.0. The third-order valence-electron chi connectivity index (χ3n) is 5.26. The number of fused-ring (bicyclic) bond motifs is 1. The lowest BCUT2D eigenvalue weighted by Gasteiger charge is -2.31. The van der Waals surface area contributed by atoms with Crippen LogP contribution >= 0.6 is 11.6 Å². The second-order valence-electron chi connectivity index (χ2n) is 7.74. The SMILES string of the molecule is CCCCOc1ccc(-c2nc3nc(O[C@H]4CO[C@H](CO)[C@@H](O)C4)[nH]c3cc2Cl)c(F)c1.O=S=O. The van der Waals surface area contributed by atoms with E-state index in [-0.39, 0.29) is 35.5 Å². The highest BCUT2D eigenvalue weighted by molar-refractivity contribution is 7.51. The van der Waals surface area contributed by atoms with Gasteiger partial charge in [0.05, 0.1) is 42.2 Å². The fourth-order valence-corrected chi connectivity index (χ4v) is 3.75. The Labute approximate surface area is 209 Å². The number of hydrogen-bond acceptors (Lipinski definition) is 9. The number of halogens is 2. The van der Waals surface area contributed by atoms with Gasteiger partial charge in [0, 0.05) is 18.1 Å². The number of unbranched alkanes of at least 4 members (excludes halogenated alkanes) is 1. The van der Waals surface area contributed by atoms with Crippen LogP contribution in [0.1, 0.15) is 26.2 Å². The fraction of sp³-hybridized carbons (Fsp3) is 0.455. The average molecular weight is 530 g/mol. The topological polar surface area (TPSA) is 144 Å². The smallest absolute Gasteiger partial charge is 0.335 e. The Balaban J connectivity index is 0.00000108. The molecule has 0 unspecified atom stereocenters. The van der Waals surface area contributed by atoms with Gasteiger partial charge in [0.1, 0.15) is 23.8 Å². The summed E-state index contributed by atoms with van der Waals surface area (Å²) >= 11 is 5.63. The number of benzene rings is 1. The van der Waals surface area contributed by atoms with Crippen molar-refractivity contribution in [2.45, 2.75) is 44.5 Å². The summed E-state index contributed by atoms with van der Waals surface area (Å²) in [5.74, 6) is -0.0424. The highest BCUT2D eigenvalue weighted by Gasteiger charge is 2.31. The summed E-state index contributed by atoms with van der Waals surface area (Å²) in [6.45, 7) is 2.53. The normalized spacial score (nSPS) is 19.6. The van der Waals surface area contributed by atoms with Crippen molar-refractivity contribution in [3.8, 4) is 23.0 Å². The maximum absolute atomic E-state index is 14.7. The number of H-pyrrole nitrogens is 1. The Kier molecular flexibility index (Phi) is 9.93. The van der Waals surface area contributed by atoms with Gasteiger partial charge in [-0.15, -0.1) is 0 Å². The molecule has 1 aromatic carbocycles. The molecular formula is C22H25ClFN3O7S. The molecule has 13 heteroatoms. The van der Waals surface area contributed by atoms with Crippen molar-refractivity contribution >= 4 is 34.3 Å². The second kappa shape index (κ2) is 12.9. The number of aliphatic hydroxyl groups is 2. The largest absolute Gasteiger partial charge is 0.493 e. The van der Waals surface area contributed by atoms with Crippen molar-refractivity contribution in [1.82, 2.24) is 15.0 Å². The van der Waals surface area contributed by atoms with Gasteiger partial charge in [0.15, 0.2) is 5.65 Å². The lowest BCUT2D eigenvalue weighted by molar-refractivity contribution is -0.131. The first-order valence-electron chi connectivity index (χ1n) is 10.9. The van der Waals surface area contributed by atoms with Crippen LogP contribution in [-0.2, 0) is 16.3 Å². The van der Waals surface area contributed by atoms with E-state index in [0.29, 0.717) is 29.9 Å². The minimum absolute atomic E-state index is 0.184. The monoisotopic (exact) mass is 529 g/mol. The molecule has 1 fully saturated rings. The van der Waals surface area contributed by atoms with Gasteiger partial charge in [-0.1, -0.05) is 24.9 Å². The Morgan fingerprint density at radius 1 is 1.31 bits per heavy atom. The number of aromatic amines is 1. The van der Waals surface area contributed by atoms with Crippen molar-refractivity contribution in [1.29, 1.82) is 0 Å². The standard InChI is InChI=1S/C22H25ClFN3O5.O2S/c1-2-3-6-30-12-4-5-14(16(24)7-12)20-15(23)9-17-21(26-20)27-22(25-17)32-13-8-18(29)19(10-28)31-11-13;1-3-2/h4-5,7,9,13,18-19,28-29H,2-3,6,8,10-11H2,1H3,(H,25,26,27);/t13-,18+,19-;/m1./s1. The van der Waals surface area contributed by atoms with Crippen molar-refractivity contribution in [2.75, 3.05) is 19.8 Å². The van der Waals surface area contributed by atoms with Crippen molar-refractivity contribution in [3.05, 3.63) is 35.1 Å². The zero-order chi connectivity index (χ0) is 25.4. The number of aromatic nitrogens is 3. The van der Waals surface area contributed by atoms with E-state index in [1.54, 1.807) is 18.2 Å². The number of aliphatic hydroxyl groups excluding tert-OH is 2. The van der Waals surface area contributed by atoms with E-state index in [9.17, 15) is 9.50 Å². The number of hydrogen-bond donors (Lipinski definition) is 3. The fourth-order valence-electron chi connectivity index (χ4n) is 3.50. The predicted molar refractivity (Wildman–Crippen MR) is 125 cm³/mol. The van der Waals surface area contributed by atoms with Gasteiger partial charge >= 0.3 is 11.6 Å². The second-order valence-corrected chi connectivity index (χ2v) is 8.28. The first-order chi connectivity index (χ1) is 16.9. The van der Waals surface area contributed by atoms with E-state index in [0.717, 1.165) is 12.8 Å². The highest BCUT2D eigenvalue weighted by atomic mass is 35.5. The number of ether oxygens (including phenoxy) is 3. The van der Waals surface area contributed by atoms with Gasteiger partial charge in [0.25, 0.3) is 6.01 Å². The molecule has 35 heavy (non-hydrogen) atoms. The van der Waals surface area contributed by atoms with E-state index in [4.69, 9.17) is 39.3 Å². The summed E-state index contributed by atoms with van der Waals surface area (Å²) < 4.78 is 48.0. The minimum atomic E-state index is -0.834.